The van der Waals surface area contributed by atoms with E-state index >= 15 is 0 Å². The predicted octanol–water partition coefficient (Wildman–Crippen LogP) is 1.70. The van der Waals surface area contributed by atoms with Gasteiger partial charge in [0.1, 0.15) is 11.8 Å². The van der Waals surface area contributed by atoms with Crippen molar-refractivity contribution in [3.8, 4) is 11.8 Å². The Hall–Kier alpha value is -2.06. The first kappa shape index (κ1) is 15.3. The van der Waals surface area contributed by atoms with Crippen LogP contribution in [0.25, 0.3) is 0 Å². The highest BCUT2D eigenvalue weighted by Crippen LogP contribution is 2.25. The van der Waals surface area contributed by atoms with Crippen LogP contribution in [0.3, 0.4) is 0 Å². The molecule has 0 unspecified atom stereocenters. The molecule has 1 aliphatic rings. The Labute approximate surface area is 125 Å². The van der Waals surface area contributed by atoms with Crippen LogP contribution in [0.4, 0.5) is 0 Å². The van der Waals surface area contributed by atoms with E-state index in [2.05, 4.69) is 11.4 Å². The number of benzene rings is 1. The molecular formula is C16H21N3O2. The lowest BCUT2D eigenvalue weighted by Gasteiger charge is -2.30. The number of nitrogens with two attached hydrogens (primary N) is 1. The van der Waals surface area contributed by atoms with E-state index in [1.807, 2.05) is 12.1 Å². The van der Waals surface area contributed by atoms with Crippen LogP contribution in [0, 0.1) is 17.2 Å². The molecule has 5 nitrogen and oxygen atoms in total. The second-order valence-electron chi connectivity index (χ2n) is 5.43. The maximum absolute atomic E-state index is 11.5. The summed E-state index contributed by atoms with van der Waals surface area (Å²) in [5.41, 5.74) is 6.99. The fourth-order valence-corrected chi connectivity index (χ4v) is 2.92. The van der Waals surface area contributed by atoms with E-state index in [9.17, 15) is 4.79 Å². The number of nitrogens with one attached hydrogen (secondary N) is 1. The standard InChI is InChI=1S/C16H21N3O2/c1-21-15-7-6-11(8-12(15)9-17)10-19-14-5-3-2-4-13(14)16(18)20/h6-8,13-14,19H,2-5,10H2,1H3,(H2,18,20)/t13-,14-/m0/s1. The molecule has 5 heteroatoms. The minimum Gasteiger partial charge on any atom is -0.495 e. The number of hydrogen-bond acceptors (Lipinski definition) is 4. The van der Waals surface area contributed by atoms with Gasteiger partial charge < -0.3 is 15.8 Å². The average molecular weight is 287 g/mol. The van der Waals surface area contributed by atoms with Crippen LogP contribution in [0.15, 0.2) is 18.2 Å². The minimum atomic E-state index is -0.223. The second kappa shape index (κ2) is 7.09. The topological polar surface area (TPSA) is 88.1 Å². The average Bonchev–Trinajstić information content (AvgIpc) is 2.52. The normalized spacial score (nSPS) is 21.5. The highest BCUT2D eigenvalue weighted by atomic mass is 16.5. The van der Waals surface area contributed by atoms with Gasteiger partial charge in [0.15, 0.2) is 0 Å². The molecule has 1 saturated carbocycles. The fraction of sp³-hybridized carbons (Fsp3) is 0.500. The molecule has 2 atom stereocenters. The predicted molar refractivity (Wildman–Crippen MR) is 79.5 cm³/mol. The zero-order valence-electron chi connectivity index (χ0n) is 12.3. The van der Waals surface area contributed by atoms with Gasteiger partial charge in [-0.25, -0.2) is 0 Å². The summed E-state index contributed by atoms with van der Waals surface area (Å²) in [6, 6.07) is 7.79. The van der Waals surface area contributed by atoms with E-state index in [0.29, 0.717) is 17.9 Å². The van der Waals surface area contributed by atoms with E-state index in [1.54, 1.807) is 13.2 Å². The molecule has 0 aliphatic heterocycles. The number of carbonyl (C=O) groups excluding carboxylic acids is 1. The van der Waals surface area contributed by atoms with Crippen LogP contribution in [-0.4, -0.2) is 19.1 Å². The minimum absolute atomic E-state index is 0.0903. The molecule has 1 fully saturated rings. The van der Waals surface area contributed by atoms with E-state index in [-0.39, 0.29) is 17.9 Å². The summed E-state index contributed by atoms with van der Waals surface area (Å²) in [4.78, 5) is 11.5. The first-order valence-electron chi connectivity index (χ1n) is 7.25. The molecule has 3 N–H and O–H groups in total. The van der Waals surface area contributed by atoms with Crippen molar-refractivity contribution in [2.24, 2.45) is 11.7 Å². The van der Waals surface area contributed by atoms with Crippen LogP contribution in [-0.2, 0) is 11.3 Å². The molecule has 1 aliphatic carbocycles. The van der Waals surface area contributed by atoms with Gasteiger partial charge in [-0.15, -0.1) is 0 Å². The van der Waals surface area contributed by atoms with Gasteiger partial charge in [-0.05, 0) is 30.5 Å². The fourth-order valence-electron chi connectivity index (χ4n) is 2.92. The molecule has 0 radical (unpaired) electrons. The number of nitriles is 1. The number of primary amides is 1. The Morgan fingerprint density at radius 2 is 2.24 bits per heavy atom. The number of methoxy groups -OCH3 is 1. The van der Waals surface area contributed by atoms with E-state index in [4.69, 9.17) is 15.7 Å². The number of carbonyl (C=O) groups is 1. The molecular weight excluding hydrogens is 266 g/mol. The van der Waals surface area contributed by atoms with Gasteiger partial charge in [0.25, 0.3) is 0 Å². The van der Waals surface area contributed by atoms with Gasteiger partial charge in [-0.2, -0.15) is 5.26 Å². The third-order valence-electron chi connectivity index (χ3n) is 4.08. The number of rotatable bonds is 5. The SMILES string of the molecule is COc1ccc(CN[C@H]2CCCC[C@@H]2C(N)=O)cc1C#N. The Kier molecular flexibility index (Phi) is 5.18. The van der Waals surface area contributed by atoms with Gasteiger partial charge in [0.2, 0.25) is 5.91 Å². The van der Waals surface area contributed by atoms with E-state index in [0.717, 1.165) is 31.2 Å². The number of hydrogen-bond donors (Lipinski definition) is 2. The smallest absolute Gasteiger partial charge is 0.222 e. The third kappa shape index (κ3) is 3.73. The zero-order chi connectivity index (χ0) is 15.2. The first-order valence-corrected chi connectivity index (χ1v) is 7.25. The first-order chi connectivity index (χ1) is 10.2. The third-order valence-corrected chi connectivity index (χ3v) is 4.08. The monoisotopic (exact) mass is 287 g/mol. The summed E-state index contributed by atoms with van der Waals surface area (Å²) < 4.78 is 5.13. The lowest BCUT2D eigenvalue weighted by molar-refractivity contribution is -0.123. The number of nitrogens with zero attached hydrogens (tertiary/aromatic N) is 1. The number of amides is 1. The number of ether oxygens (including phenoxy) is 1. The zero-order valence-corrected chi connectivity index (χ0v) is 12.3. The lowest BCUT2D eigenvalue weighted by atomic mass is 9.84. The van der Waals surface area contributed by atoms with Crippen LogP contribution in [0.5, 0.6) is 5.75 Å². The van der Waals surface area contributed by atoms with Crippen molar-refractivity contribution in [1.29, 1.82) is 5.26 Å². The molecule has 2 rings (SSSR count). The largest absolute Gasteiger partial charge is 0.495 e. The molecule has 0 aromatic heterocycles. The van der Waals surface area contributed by atoms with E-state index < -0.39 is 0 Å². The van der Waals surface area contributed by atoms with Gasteiger partial charge in [0, 0.05) is 12.6 Å². The van der Waals surface area contributed by atoms with Crippen molar-refractivity contribution >= 4 is 5.91 Å². The highest BCUT2D eigenvalue weighted by molar-refractivity contribution is 5.77. The van der Waals surface area contributed by atoms with E-state index in [1.165, 1.54) is 0 Å². The van der Waals surface area contributed by atoms with Crippen molar-refractivity contribution < 1.29 is 9.53 Å². The molecule has 0 spiro atoms. The maximum Gasteiger partial charge on any atom is 0.222 e. The summed E-state index contributed by atoms with van der Waals surface area (Å²) in [6.07, 6.45) is 4.01. The van der Waals surface area contributed by atoms with Crippen molar-refractivity contribution in [3.05, 3.63) is 29.3 Å². The summed E-state index contributed by atoms with van der Waals surface area (Å²) in [5, 5.41) is 12.5. The summed E-state index contributed by atoms with van der Waals surface area (Å²) in [7, 11) is 1.55. The Morgan fingerprint density at radius 1 is 1.48 bits per heavy atom. The van der Waals surface area contributed by atoms with Crippen LogP contribution < -0.4 is 15.8 Å². The van der Waals surface area contributed by atoms with Crippen LogP contribution in [0.2, 0.25) is 0 Å². The van der Waals surface area contributed by atoms with Gasteiger partial charge in [0.05, 0.1) is 18.6 Å². The van der Waals surface area contributed by atoms with Crippen LogP contribution >= 0.6 is 0 Å². The Bertz CT molecular complexity index is 551. The van der Waals surface area contributed by atoms with Crippen LogP contribution in [0.1, 0.15) is 36.8 Å². The molecule has 1 amide bonds. The molecule has 0 saturated heterocycles. The molecule has 1 aromatic carbocycles. The molecule has 0 heterocycles. The Morgan fingerprint density at radius 3 is 2.90 bits per heavy atom. The van der Waals surface area contributed by atoms with Crippen molar-refractivity contribution in [3.63, 3.8) is 0 Å². The highest BCUT2D eigenvalue weighted by Gasteiger charge is 2.28. The summed E-state index contributed by atoms with van der Waals surface area (Å²) >= 11 is 0. The second-order valence-corrected chi connectivity index (χ2v) is 5.43. The van der Waals surface area contributed by atoms with Gasteiger partial charge in [-0.3, -0.25) is 4.79 Å². The lowest BCUT2D eigenvalue weighted by Crippen LogP contribution is -2.44. The Balaban J connectivity index is 2.02. The summed E-state index contributed by atoms with van der Waals surface area (Å²) in [6.45, 7) is 0.618. The molecule has 1 aromatic rings. The van der Waals surface area contributed by atoms with Crippen molar-refractivity contribution in [2.75, 3.05) is 7.11 Å². The summed E-state index contributed by atoms with van der Waals surface area (Å²) in [5.74, 6) is 0.265. The molecule has 112 valence electrons. The van der Waals surface area contributed by atoms with Gasteiger partial charge >= 0.3 is 0 Å². The van der Waals surface area contributed by atoms with Crippen molar-refractivity contribution in [2.45, 2.75) is 38.3 Å². The maximum atomic E-state index is 11.5. The molecule has 21 heavy (non-hydrogen) atoms. The molecule has 0 bridgehead atoms. The van der Waals surface area contributed by atoms with Crippen molar-refractivity contribution in [1.82, 2.24) is 5.32 Å². The quantitative estimate of drug-likeness (QED) is 0.862. The van der Waals surface area contributed by atoms with Gasteiger partial charge in [-0.1, -0.05) is 18.9 Å².